The SMILES string of the molecule is O=C1COc2ccc(Br)cc2N1CC1CC1. The van der Waals surface area contributed by atoms with Gasteiger partial charge in [0.1, 0.15) is 5.75 Å². The molecule has 1 heterocycles. The van der Waals surface area contributed by atoms with E-state index in [9.17, 15) is 4.79 Å². The summed E-state index contributed by atoms with van der Waals surface area (Å²) in [7, 11) is 0. The molecular formula is C12H12BrNO2. The summed E-state index contributed by atoms with van der Waals surface area (Å²) < 4.78 is 6.39. The number of carbonyl (C=O) groups excluding carboxylic acids is 1. The monoisotopic (exact) mass is 281 g/mol. The zero-order valence-corrected chi connectivity index (χ0v) is 10.4. The summed E-state index contributed by atoms with van der Waals surface area (Å²) in [5, 5.41) is 0. The molecule has 0 N–H and O–H groups in total. The lowest BCUT2D eigenvalue weighted by molar-refractivity contribution is -0.121. The van der Waals surface area contributed by atoms with Gasteiger partial charge < -0.3 is 9.64 Å². The first-order chi connectivity index (χ1) is 7.74. The zero-order valence-electron chi connectivity index (χ0n) is 8.78. The van der Waals surface area contributed by atoms with Gasteiger partial charge in [0.2, 0.25) is 0 Å². The van der Waals surface area contributed by atoms with Crippen molar-refractivity contribution < 1.29 is 9.53 Å². The van der Waals surface area contributed by atoms with E-state index in [0.29, 0.717) is 5.92 Å². The molecule has 16 heavy (non-hydrogen) atoms. The molecule has 4 heteroatoms. The van der Waals surface area contributed by atoms with Gasteiger partial charge in [-0.2, -0.15) is 0 Å². The molecule has 3 nitrogen and oxygen atoms in total. The van der Waals surface area contributed by atoms with Crippen molar-refractivity contribution >= 4 is 27.5 Å². The highest BCUT2D eigenvalue weighted by molar-refractivity contribution is 9.10. The zero-order chi connectivity index (χ0) is 11.1. The predicted molar refractivity (Wildman–Crippen MR) is 64.7 cm³/mol. The number of carbonyl (C=O) groups is 1. The van der Waals surface area contributed by atoms with E-state index in [4.69, 9.17) is 4.74 Å². The maximum atomic E-state index is 11.8. The molecule has 2 aliphatic rings. The maximum Gasteiger partial charge on any atom is 0.265 e. The summed E-state index contributed by atoms with van der Waals surface area (Å²) in [4.78, 5) is 13.7. The number of fused-ring (bicyclic) bond motifs is 1. The fraction of sp³-hybridized carbons (Fsp3) is 0.417. The van der Waals surface area contributed by atoms with Crippen LogP contribution >= 0.6 is 15.9 Å². The highest BCUT2D eigenvalue weighted by Crippen LogP contribution is 2.38. The summed E-state index contributed by atoms with van der Waals surface area (Å²) in [6.45, 7) is 1.01. The van der Waals surface area contributed by atoms with E-state index in [0.717, 1.165) is 22.5 Å². The lowest BCUT2D eigenvalue weighted by Gasteiger charge is -2.29. The van der Waals surface area contributed by atoms with Gasteiger partial charge >= 0.3 is 0 Å². The molecule has 0 unspecified atom stereocenters. The fourth-order valence-corrected chi connectivity index (χ4v) is 2.28. The topological polar surface area (TPSA) is 29.5 Å². The van der Waals surface area contributed by atoms with Crippen LogP contribution in [-0.2, 0) is 4.79 Å². The second kappa shape index (κ2) is 3.77. The lowest BCUT2D eigenvalue weighted by Crippen LogP contribution is -2.40. The van der Waals surface area contributed by atoms with E-state index in [1.54, 1.807) is 0 Å². The minimum atomic E-state index is 0.0671. The van der Waals surface area contributed by atoms with Crippen LogP contribution in [0.3, 0.4) is 0 Å². The van der Waals surface area contributed by atoms with E-state index in [1.165, 1.54) is 12.8 Å². The Balaban J connectivity index is 1.96. The number of ether oxygens (including phenoxy) is 1. The Morgan fingerprint density at radius 1 is 1.44 bits per heavy atom. The average molecular weight is 282 g/mol. The Bertz CT molecular complexity index is 443. The van der Waals surface area contributed by atoms with Crippen LogP contribution in [0.25, 0.3) is 0 Å². The van der Waals surface area contributed by atoms with Crippen LogP contribution in [0.1, 0.15) is 12.8 Å². The van der Waals surface area contributed by atoms with E-state index in [1.807, 2.05) is 23.1 Å². The number of halogens is 1. The molecule has 3 rings (SSSR count). The number of anilines is 1. The van der Waals surface area contributed by atoms with Crippen molar-refractivity contribution in [1.82, 2.24) is 0 Å². The van der Waals surface area contributed by atoms with E-state index in [2.05, 4.69) is 15.9 Å². The molecule has 1 amide bonds. The van der Waals surface area contributed by atoms with Crippen molar-refractivity contribution in [3.05, 3.63) is 22.7 Å². The second-order valence-corrected chi connectivity index (χ2v) is 5.26. The van der Waals surface area contributed by atoms with Gasteiger partial charge in [0.25, 0.3) is 5.91 Å². The number of hydrogen-bond acceptors (Lipinski definition) is 2. The van der Waals surface area contributed by atoms with E-state index in [-0.39, 0.29) is 12.5 Å². The van der Waals surface area contributed by atoms with Crippen LogP contribution < -0.4 is 9.64 Å². The molecule has 1 aliphatic heterocycles. The van der Waals surface area contributed by atoms with Gasteiger partial charge in [-0.3, -0.25) is 4.79 Å². The number of rotatable bonds is 2. The molecular weight excluding hydrogens is 270 g/mol. The molecule has 0 spiro atoms. The minimum absolute atomic E-state index is 0.0671. The number of amides is 1. The van der Waals surface area contributed by atoms with Gasteiger partial charge in [-0.05, 0) is 37.0 Å². The number of nitrogens with zero attached hydrogens (tertiary/aromatic N) is 1. The number of benzene rings is 1. The highest BCUT2D eigenvalue weighted by Gasteiger charge is 2.31. The normalized spacial score (nSPS) is 19.3. The first-order valence-electron chi connectivity index (χ1n) is 5.47. The predicted octanol–water partition coefficient (Wildman–Crippen LogP) is 2.58. The summed E-state index contributed by atoms with van der Waals surface area (Å²) in [5.41, 5.74) is 0.900. The van der Waals surface area contributed by atoms with Gasteiger partial charge in [-0.1, -0.05) is 15.9 Å². The second-order valence-electron chi connectivity index (χ2n) is 4.35. The van der Waals surface area contributed by atoms with Crippen LogP contribution in [0.2, 0.25) is 0 Å². The molecule has 1 fully saturated rings. The minimum Gasteiger partial charge on any atom is -0.482 e. The molecule has 0 saturated heterocycles. The lowest BCUT2D eigenvalue weighted by atomic mass is 10.2. The Kier molecular flexibility index (Phi) is 2.39. The molecule has 1 aromatic carbocycles. The summed E-state index contributed by atoms with van der Waals surface area (Å²) in [6.07, 6.45) is 2.49. The van der Waals surface area contributed by atoms with Crippen molar-refractivity contribution in [3.8, 4) is 5.75 Å². The molecule has 1 aromatic rings. The Morgan fingerprint density at radius 2 is 2.25 bits per heavy atom. The first kappa shape index (κ1) is 10.1. The fourth-order valence-electron chi connectivity index (χ4n) is 1.93. The summed E-state index contributed by atoms with van der Waals surface area (Å²) in [5.74, 6) is 1.56. The summed E-state index contributed by atoms with van der Waals surface area (Å²) in [6, 6.07) is 5.80. The summed E-state index contributed by atoms with van der Waals surface area (Å²) >= 11 is 3.43. The van der Waals surface area contributed by atoms with Crippen molar-refractivity contribution in [2.45, 2.75) is 12.8 Å². The van der Waals surface area contributed by atoms with Gasteiger partial charge in [0.05, 0.1) is 5.69 Å². The van der Waals surface area contributed by atoms with Crippen molar-refractivity contribution in [1.29, 1.82) is 0 Å². The quantitative estimate of drug-likeness (QED) is 0.834. The average Bonchev–Trinajstić information content (AvgIpc) is 3.06. The molecule has 0 atom stereocenters. The van der Waals surface area contributed by atoms with Crippen LogP contribution in [0, 0.1) is 5.92 Å². The number of hydrogen-bond donors (Lipinski definition) is 0. The smallest absolute Gasteiger partial charge is 0.265 e. The van der Waals surface area contributed by atoms with Crippen LogP contribution in [-0.4, -0.2) is 19.1 Å². The van der Waals surface area contributed by atoms with Crippen LogP contribution in [0.4, 0.5) is 5.69 Å². The molecule has 1 aliphatic carbocycles. The van der Waals surface area contributed by atoms with E-state index < -0.39 is 0 Å². The van der Waals surface area contributed by atoms with Gasteiger partial charge in [0.15, 0.2) is 6.61 Å². The maximum absolute atomic E-state index is 11.8. The molecule has 84 valence electrons. The third kappa shape index (κ3) is 1.82. The standard InChI is InChI=1S/C12H12BrNO2/c13-9-3-4-11-10(5-9)14(6-8-1-2-8)12(15)7-16-11/h3-5,8H,1-2,6-7H2. The molecule has 0 bridgehead atoms. The van der Waals surface area contributed by atoms with Crippen LogP contribution in [0.5, 0.6) is 5.75 Å². The Morgan fingerprint density at radius 3 is 3.00 bits per heavy atom. The van der Waals surface area contributed by atoms with Crippen molar-refractivity contribution in [2.24, 2.45) is 5.92 Å². The van der Waals surface area contributed by atoms with Crippen LogP contribution in [0.15, 0.2) is 22.7 Å². The Labute approximate surface area is 103 Å². The largest absolute Gasteiger partial charge is 0.482 e. The molecule has 0 aromatic heterocycles. The van der Waals surface area contributed by atoms with E-state index >= 15 is 0 Å². The highest BCUT2D eigenvalue weighted by atomic mass is 79.9. The first-order valence-corrected chi connectivity index (χ1v) is 6.26. The van der Waals surface area contributed by atoms with Crippen molar-refractivity contribution in [2.75, 3.05) is 18.1 Å². The van der Waals surface area contributed by atoms with Gasteiger partial charge in [0, 0.05) is 11.0 Å². The molecule has 0 radical (unpaired) electrons. The van der Waals surface area contributed by atoms with Gasteiger partial charge in [-0.15, -0.1) is 0 Å². The third-order valence-electron chi connectivity index (χ3n) is 3.00. The Hall–Kier alpha value is -1.03. The molecule has 1 saturated carbocycles. The van der Waals surface area contributed by atoms with Gasteiger partial charge in [-0.25, -0.2) is 0 Å². The van der Waals surface area contributed by atoms with Crippen molar-refractivity contribution in [3.63, 3.8) is 0 Å². The third-order valence-corrected chi connectivity index (χ3v) is 3.49.